The zero-order valence-electron chi connectivity index (χ0n) is 17.6. The van der Waals surface area contributed by atoms with Crippen LogP contribution in [0.15, 0.2) is 24.3 Å². The number of benzene rings is 1. The van der Waals surface area contributed by atoms with E-state index in [1.165, 1.54) is 103 Å². The number of hydrogen-bond donors (Lipinski definition) is 0. The molecule has 2 fully saturated rings. The molecule has 0 nitrogen and oxygen atoms in total. The standard InChI is InChI=1S/C26H42/c1-3-5-17-25(19-11-7-12-20-25)23-15-9-10-16-24(23)26(18-6-4-2)21-13-8-14-22-26/h9-10,15-16H,3-8,11-14,17-22H2,1-2H3. The molecule has 0 N–H and O–H groups in total. The molecule has 0 radical (unpaired) electrons. The van der Waals surface area contributed by atoms with Crippen LogP contribution in [0.2, 0.25) is 0 Å². The van der Waals surface area contributed by atoms with Gasteiger partial charge in [-0.2, -0.15) is 0 Å². The maximum Gasteiger partial charge on any atom is -0.00440 e. The highest BCUT2D eigenvalue weighted by Crippen LogP contribution is 2.51. The topological polar surface area (TPSA) is 0 Å². The molecule has 0 unspecified atom stereocenters. The van der Waals surface area contributed by atoms with Crippen LogP contribution in [0.3, 0.4) is 0 Å². The van der Waals surface area contributed by atoms with Crippen molar-refractivity contribution in [2.45, 2.75) is 127 Å². The highest BCUT2D eigenvalue weighted by atomic mass is 14.4. The molecular formula is C26H42. The van der Waals surface area contributed by atoms with Crippen molar-refractivity contribution in [3.63, 3.8) is 0 Å². The summed E-state index contributed by atoms with van der Waals surface area (Å²) >= 11 is 0. The first-order valence-corrected chi connectivity index (χ1v) is 11.9. The van der Waals surface area contributed by atoms with Crippen molar-refractivity contribution in [1.82, 2.24) is 0 Å². The second-order valence-electron chi connectivity index (χ2n) is 9.43. The summed E-state index contributed by atoms with van der Waals surface area (Å²) in [5, 5.41) is 0. The van der Waals surface area contributed by atoms with E-state index < -0.39 is 0 Å². The Kier molecular flexibility index (Phi) is 7.24. The fourth-order valence-corrected chi connectivity index (χ4v) is 6.20. The Labute approximate surface area is 163 Å². The average molecular weight is 355 g/mol. The lowest BCUT2D eigenvalue weighted by atomic mass is 9.59. The van der Waals surface area contributed by atoms with Gasteiger partial charge in [-0.1, -0.05) is 102 Å². The van der Waals surface area contributed by atoms with E-state index in [1.807, 2.05) is 0 Å². The molecule has 0 aliphatic heterocycles. The van der Waals surface area contributed by atoms with Crippen molar-refractivity contribution in [3.8, 4) is 0 Å². The van der Waals surface area contributed by atoms with Crippen molar-refractivity contribution in [2.75, 3.05) is 0 Å². The Morgan fingerprint density at radius 2 is 1.00 bits per heavy atom. The van der Waals surface area contributed by atoms with Gasteiger partial charge in [-0.05, 0) is 60.5 Å². The van der Waals surface area contributed by atoms with Crippen LogP contribution in [0, 0.1) is 0 Å². The van der Waals surface area contributed by atoms with Crippen molar-refractivity contribution in [3.05, 3.63) is 35.4 Å². The summed E-state index contributed by atoms with van der Waals surface area (Å²) in [4.78, 5) is 0. The quantitative estimate of drug-likeness (QED) is 0.439. The van der Waals surface area contributed by atoms with Crippen LogP contribution >= 0.6 is 0 Å². The van der Waals surface area contributed by atoms with Crippen molar-refractivity contribution >= 4 is 0 Å². The normalized spacial score (nSPS) is 22.2. The van der Waals surface area contributed by atoms with Gasteiger partial charge in [-0.15, -0.1) is 0 Å². The van der Waals surface area contributed by atoms with E-state index in [0.29, 0.717) is 10.8 Å². The maximum absolute atomic E-state index is 2.55. The van der Waals surface area contributed by atoms with Gasteiger partial charge in [0.1, 0.15) is 0 Å². The molecule has 0 atom stereocenters. The Bertz CT molecular complexity index is 480. The Balaban J connectivity index is 2.01. The van der Waals surface area contributed by atoms with Crippen LogP contribution in [0.1, 0.15) is 128 Å². The number of hydrogen-bond acceptors (Lipinski definition) is 0. The van der Waals surface area contributed by atoms with E-state index in [-0.39, 0.29) is 0 Å². The van der Waals surface area contributed by atoms with Crippen LogP contribution in [-0.2, 0) is 10.8 Å². The zero-order chi connectivity index (χ0) is 18.3. The molecule has 2 saturated carbocycles. The van der Waals surface area contributed by atoms with Gasteiger partial charge in [0.25, 0.3) is 0 Å². The third-order valence-corrected chi connectivity index (χ3v) is 7.71. The largest absolute Gasteiger partial charge is 0.0654 e. The lowest BCUT2D eigenvalue weighted by Crippen LogP contribution is -2.36. The van der Waals surface area contributed by atoms with Gasteiger partial charge in [0.05, 0.1) is 0 Å². The minimum Gasteiger partial charge on any atom is -0.0654 e. The highest BCUT2D eigenvalue weighted by molar-refractivity contribution is 5.41. The van der Waals surface area contributed by atoms with Gasteiger partial charge in [0.2, 0.25) is 0 Å². The van der Waals surface area contributed by atoms with Gasteiger partial charge < -0.3 is 0 Å². The summed E-state index contributed by atoms with van der Waals surface area (Å²) in [6.07, 6.45) is 22.8. The summed E-state index contributed by atoms with van der Waals surface area (Å²) in [7, 11) is 0. The van der Waals surface area contributed by atoms with Crippen molar-refractivity contribution < 1.29 is 0 Å². The molecule has 3 rings (SSSR count). The Hall–Kier alpha value is -0.780. The molecule has 1 aromatic rings. The minimum atomic E-state index is 0.488. The van der Waals surface area contributed by atoms with E-state index in [0.717, 1.165) is 0 Å². The summed E-state index contributed by atoms with van der Waals surface area (Å²) < 4.78 is 0. The molecule has 0 heteroatoms. The van der Waals surface area contributed by atoms with Gasteiger partial charge in [0, 0.05) is 0 Å². The minimum absolute atomic E-state index is 0.488. The second-order valence-corrected chi connectivity index (χ2v) is 9.43. The van der Waals surface area contributed by atoms with Crippen molar-refractivity contribution in [2.24, 2.45) is 0 Å². The van der Waals surface area contributed by atoms with Gasteiger partial charge in [-0.3, -0.25) is 0 Å². The van der Waals surface area contributed by atoms with Crippen LogP contribution in [0.4, 0.5) is 0 Å². The first-order chi connectivity index (χ1) is 12.8. The molecule has 0 aromatic heterocycles. The first kappa shape index (κ1) is 20.0. The fourth-order valence-electron chi connectivity index (χ4n) is 6.20. The second kappa shape index (κ2) is 9.43. The zero-order valence-corrected chi connectivity index (χ0v) is 17.6. The predicted molar refractivity (Wildman–Crippen MR) is 115 cm³/mol. The highest BCUT2D eigenvalue weighted by Gasteiger charge is 2.41. The molecule has 0 saturated heterocycles. The van der Waals surface area contributed by atoms with Gasteiger partial charge in [-0.25, -0.2) is 0 Å². The molecule has 26 heavy (non-hydrogen) atoms. The average Bonchev–Trinajstić information content (AvgIpc) is 2.72. The molecule has 0 bridgehead atoms. The monoisotopic (exact) mass is 354 g/mol. The SMILES string of the molecule is CCCCC1(c2ccccc2C2(CCCC)CCCCC2)CCCCC1. The van der Waals surface area contributed by atoms with Crippen LogP contribution in [0.25, 0.3) is 0 Å². The molecule has 0 amide bonds. The third kappa shape index (κ3) is 4.20. The molecular weight excluding hydrogens is 312 g/mol. The summed E-state index contributed by atoms with van der Waals surface area (Å²) in [6.45, 7) is 4.73. The lowest BCUT2D eigenvalue weighted by molar-refractivity contribution is 0.238. The first-order valence-electron chi connectivity index (χ1n) is 11.9. The van der Waals surface area contributed by atoms with Crippen LogP contribution in [-0.4, -0.2) is 0 Å². The molecule has 0 spiro atoms. The lowest BCUT2D eigenvalue weighted by Gasteiger charge is -2.45. The molecule has 1 aromatic carbocycles. The van der Waals surface area contributed by atoms with Gasteiger partial charge >= 0.3 is 0 Å². The van der Waals surface area contributed by atoms with E-state index >= 15 is 0 Å². The van der Waals surface area contributed by atoms with E-state index in [9.17, 15) is 0 Å². The van der Waals surface area contributed by atoms with Crippen LogP contribution in [0.5, 0.6) is 0 Å². The number of rotatable bonds is 8. The van der Waals surface area contributed by atoms with E-state index in [1.54, 1.807) is 11.1 Å². The summed E-state index contributed by atoms with van der Waals surface area (Å²) in [5.41, 5.74) is 4.54. The molecule has 2 aliphatic carbocycles. The van der Waals surface area contributed by atoms with Crippen LogP contribution < -0.4 is 0 Å². The van der Waals surface area contributed by atoms with E-state index in [2.05, 4.69) is 38.1 Å². The Morgan fingerprint density at radius 1 is 0.615 bits per heavy atom. The molecule has 146 valence electrons. The van der Waals surface area contributed by atoms with Crippen molar-refractivity contribution in [1.29, 1.82) is 0 Å². The molecule has 2 aliphatic rings. The maximum atomic E-state index is 2.55. The summed E-state index contributed by atoms with van der Waals surface area (Å²) in [6, 6.07) is 9.80. The number of unbranched alkanes of at least 4 members (excludes halogenated alkanes) is 2. The van der Waals surface area contributed by atoms with Gasteiger partial charge in [0.15, 0.2) is 0 Å². The summed E-state index contributed by atoms with van der Waals surface area (Å²) in [5.74, 6) is 0. The molecule has 0 heterocycles. The predicted octanol–water partition coefficient (Wildman–Crippen LogP) is 8.47. The Morgan fingerprint density at radius 3 is 1.35 bits per heavy atom. The fraction of sp³-hybridized carbons (Fsp3) is 0.769. The smallest absolute Gasteiger partial charge is 0.00440 e. The van der Waals surface area contributed by atoms with E-state index in [4.69, 9.17) is 0 Å². The third-order valence-electron chi connectivity index (χ3n) is 7.71.